The maximum Gasteiger partial charge on any atom is 0.231 e. The molecule has 0 radical (unpaired) electrons. The van der Waals surface area contributed by atoms with E-state index in [-0.39, 0.29) is 11.3 Å². The first-order chi connectivity index (χ1) is 7.29. The molecule has 1 aliphatic rings. The van der Waals surface area contributed by atoms with Crippen molar-refractivity contribution < 1.29 is 9.53 Å². The monoisotopic (exact) mass is 223 g/mol. The normalized spacial score (nSPS) is 20.1. The highest BCUT2D eigenvalue weighted by molar-refractivity contribution is 8.00. The van der Waals surface area contributed by atoms with Crippen LogP contribution in [0.4, 0.5) is 0 Å². The van der Waals surface area contributed by atoms with Crippen molar-refractivity contribution in [2.45, 2.75) is 12.3 Å². The van der Waals surface area contributed by atoms with Crippen molar-refractivity contribution in [3.05, 3.63) is 29.8 Å². The third-order valence-corrected chi connectivity index (χ3v) is 3.32. The van der Waals surface area contributed by atoms with Crippen LogP contribution in [0.15, 0.2) is 24.3 Å². The predicted molar refractivity (Wildman–Crippen MR) is 61.0 cm³/mol. The molecular weight excluding hydrogens is 210 g/mol. The van der Waals surface area contributed by atoms with E-state index in [2.05, 4.69) is 5.32 Å². The molecule has 1 aromatic rings. The number of thioether (sulfide) groups is 1. The number of carbonyl (C=O) groups is 1. The van der Waals surface area contributed by atoms with Crippen molar-refractivity contribution in [1.29, 1.82) is 0 Å². The molecule has 1 atom stereocenters. The van der Waals surface area contributed by atoms with Gasteiger partial charge in [0.25, 0.3) is 0 Å². The van der Waals surface area contributed by atoms with Crippen LogP contribution in [0.1, 0.15) is 17.9 Å². The van der Waals surface area contributed by atoms with Crippen LogP contribution in [0.5, 0.6) is 5.75 Å². The number of ether oxygens (including phenoxy) is 1. The summed E-state index contributed by atoms with van der Waals surface area (Å²) < 4.78 is 5.35. The minimum absolute atomic E-state index is 0.105. The lowest BCUT2D eigenvalue weighted by Crippen LogP contribution is -2.18. The van der Waals surface area contributed by atoms with Crippen LogP contribution in [0.25, 0.3) is 0 Å². The summed E-state index contributed by atoms with van der Waals surface area (Å²) in [7, 11) is 0. The molecule has 1 fully saturated rings. The molecule has 4 heteroatoms. The molecule has 0 spiro atoms. The topological polar surface area (TPSA) is 38.3 Å². The van der Waals surface area contributed by atoms with Crippen molar-refractivity contribution in [1.82, 2.24) is 5.32 Å². The number of hydrogen-bond acceptors (Lipinski definition) is 3. The van der Waals surface area contributed by atoms with Crippen molar-refractivity contribution >= 4 is 17.7 Å². The van der Waals surface area contributed by atoms with Gasteiger partial charge < -0.3 is 10.1 Å². The molecule has 1 saturated heterocycles. The Balaban J connectivity index is 2.06. The van der Waals surface area contributed by atoms with Crippen molar-refractivity contribution in [3.8, 4) is 5.75 Å². The summed E-state index contributed by atoms with van der Waals surface area (Å²) in [5, 5.41) is 3.01. The molecule has 0 aliphatic carbocycles. The highest BCUT2D eigenvalue weighted by atomic mass is 32.2. The van der Waals surface area contributed by atoms with E-state index in [1.807, 2.05) is 31.2 Å². The SMILES string of the molecule is CCOc1ccc(C2NC(=O)CS2)cc1. The summed E-state index contributed by atoms with van der Waals surface area (Å²) >= 11 is 1.62. The summed E-state index contributed by atoms with van der Waals surface area (Å²) in [6.07, 6.45) is 0. The van der Waals surface area contributed by atoms with Gasteiger partial charge in [0.1, 0.15) is 11.1 Å². The smallest absolute Gasteiger partial charge is 0.231 e. The van der Waals surface area contributed by atoms with E-state index < -0.39 is 0 Å². The van der Waals surface area contributed by atoms with Crippen LogP contribution in [0, 0.1) is 0 Å². The van der Waals surface area contributed by atoms with Gasteiger partial charge in [0.2, 0.25) is 5.91 Å². The van der Waals surface area contributed by atoms with Crippen LogP contribution < -0.4 is 10.1 Å². The maximum absolute atomic E-state index is 11.0. The highest BCUT2D eigenvalue weighted by Gasteiger charge is 2.22. The van der Waals surface area contributed by atoms with Crippen molar-refractivity contribution in [3.63, 3.8) is 0 Å². The molecule has 0 saturated carbocycles. The van der Waals surface area contributed by atoms with Gasteiger partial charge in [-0.2, -0.15) is 0 Å². The Labute approximate surface area is 93.2 Å². The number of rotatable bonds is 3. The summed E-state index contributed by atoms with van der Waals surface area (Å²) in [4.78, 5) is 11.0. The lowest BCUT2D eigenvalue weighted by Gasteiger charge is -2.10. The van der Waals surface area contributed by atoms with Crippen LogP contribution in [-0.2, 0) is 4.79 Å². The molecule has 1 aliphatic heterocycles. The second-order valence-electron chi connectivity index (χ2n) is 3.26. The Morgan fingerprint density at radius 2 is 2.20 bits per heavy atom. The van der Waals surface area contributed by atoms with Gasteiger partial charge in [-0.1, -0.05) is 12.1 Å². The predicted octanol–water partition coefficient (Wildman–Crippen LogP) is 1.95. The Morgan fingerprint density at radius 1 is 1.47 bits per heavy atom. The Morgan fingerprint density at radius 3 is 2.73 bits per heavy atom. The Hall–Kier alpha value is -1.16. The number of amides is 1. The summed E-state index contributed by atoms with van der Waals surface area (Å²) in [6, 6.07) is 7.86. The molecular formula is C11H13NO2S. The highest BCUT2D eigenvalue weighted by Crippen LogP contribution is 2.31. The zero-order chi connectivity index (χ0) is 10.7. The fraction of sp³-hybridized carbons (Fsp3) is 0.364. The minimum atomic E-state index is 0.105. The van der Waals surface area contributed by atoms with Gasteiger partial charge in [-0.3, -0.25) is 4.79 Å². The summed E-state index contributed by atoms with van der Waals surface area (Å²) in [5.74, 6) is 1.53. The largest absolute Gasteiger partial charge is 0.494 e. The van der Waals surface area contributed by atoms with Gasteiger partial charge in [-0.15, -0.1) is 11.8 Å². The van der Waals surface area contributed by atoms with Crippen LogP contribution in [0.2, 0.25) is 0 Å². The van der Waals surface area contributed by atoms with Gasteiger partial charge in [-0.25, -0.2) is 0 Å². The number of hydrogen-bond donors (Lipinski definition) is 1. The molecule has 1 amide bonds. The first-order valence-corrected chi connectivity index (χ1v) is 5.98. The van der Waals surface area contributed by atoms with Crippen LogP contribution >= 0.6 is 11.8 Å². The third-order valence-electron chi connectivity index (χ3n) is 2.17. The van der Waals surface area contributed by atoms with Gasteiger partial charge in [0.05, 0.1) is 12.4 Å². The van der Waals surface area contributed by atoms with Crippen LogP contribution in [0.3, 0.4) is 0 Å². The molecule has 2 rings (SSSR count). The minimum Gasteiger partial charge on any atom is -0.494 e. The van der Waals surface area contributed by atoms with E-state index in [4.69, 9.17) is 4.74 Å². The Bertz CT molecular complexity index is 350. The molecule has 1 N–H and O–H groups in total. The fourth-order valence-corrected chi connectivity index (χ4v) is 2.44. The van der Waals surface area contributed by atoms with E-state index in [1.165, 1.54) is 0 Å². The molecule has 15 heavy (non-hydrogen) atoms. The van der Waals surface area contributed by atoms with Gasteiger partial charge in [0, 0.05) is 0 Å². The zero-order valence-corrected chi connectivity index (χ0v) is 9.34. The quantitative estimate of drug-likeness (QED) is 0.851. The molecule has 0 bridgehead atoms. The maximum atomic E-state index is 11.0. The number of carbonyl (C=O) groups excluding carboxylic acids is 1. The van der Waals surface area contributed by atoms with E-state index in [1.54, 1.807) is 11.8 Å². The molecule has 1 aromatic carbocycles. The van der Waals surface area contributed by atoms with E-state index in [0.717, 1.165) is 11.3 Å². The average molecular weight is 223 g/mol. The fourth-order valence-electron chi connectivity index (χ4n) is 1.47. The van der Waals surface area contributed by atoms with Gasteiger partial charge in [0.15, 0.2) is 0 Å². The van der Waals surface area contributed by atoms with E-state index in [0.29, 0.717) is 12.4 Å². The lowest BCUT2D eigenvalue weighted by molar-refractivity contribution is -0.118. The lowest BCUT2D eigenvalue weighted by atomic mass is 10.2. The van der Waals surface area contributed by atoms with Crippen molar-refractivity contribution in [2.24, 2.45) is 0 Å². The number of benzene rings is 1. The molecule has 1 unspecified atom stereocenters. The third kappa shape index (κ3) is 2.45. The molecule has 80 valence electrons. The first kappa shape index (κ1) is 10.4. The standard InChI is InChI=1S/C11H13NO2S/c1-2-14-9-5-3-8(4-6-9)11-12-10(13)7-15-11/h3-6,11H,2,7H2,1H3,(H,12,13). The molecule has 0 aromatic heterocycles. The average Bonchev–Trinajstić information content (AvgIpc) is 2.67. The first-order valence-electron chi connectivity index (χ1n) is 4.93. The van der Waals surface area contributed by atoms with Gasteiger partial charge in [-0.05, 0) is 24.6 Å². The molecule has 1 heterocycles. The summed E-state index contributed by atoms with van der Waals surface area (Å²) in [6.45, 7) is 2.63. The van der Waals surface area contributed by atoms with Crippen molar-refractivity contribution in [2.75, 3.05) is 12.4 Å². The van der Waals surface area contributed by atoms with E-state index in [9.17, 15) is 4.79 Å². The second kappa shape index (κ2) is 4.57. The van der Waals surface area contributed by atoms with E-state index >= 15 is 0 Å². The Kier molecular flexibility index (Phi) is 3.16. The summed E-state index contributed by atoms with van der Waals surface area (Å²) in [5.41, 5.74) is 1.12. The van der Waals surface area contributed by atoms with Crippen LogP contribution in [-0.4, -0.2) is 18.3 Å². The zero-order valence-electron chi connectivity index (χ0n) is 8.53. The van der Waals surface area contributed by atoms with Gasteiger partial charge >= 0.3 is 0 Å². The molecule has 3 nitrogen and oxygen atoms in total. The number of nitrogens with one attached hydrogen (secondary N) is 1. The second-order valence-corrected chi connectivity index (χ2v) is 4.35.